The van der Waals surface area contributed by atoms with Gasteiger partial charge in [0.2, 0.25) is 5.91 Å². The smallest absolute Gasteiger partial charge is 0.404 e. The molecule has 1 heterocycles. The number of hydrogen-bond acceptors (Lipinski definition) is 4. The maximum absolute atomic E-state index is 12.8. The van der Waals surface area contributed by atoms with Crippen LogP contribution in [0.3, 0.4) is 0 Å². The van der Waals surface area contributed by atoms with Gasteiger partial charge >= 0.3 is 7.12 Å². The van der Waals surface area contributed by atoms with Gasteiger partial charge in [0.15, 0.2) is 0 Å². The Morgan fingerprint density at radius 1 is 1.28 bits per heavy atom. The topological polar surface area (TPSA) is 73.6 Å². The van der Waals surface area contributed by atoms with Crippen molar-refractivity contribution >= 4 is 13.0 Å². The minimum absolute atomic E-state index is 0.124. The Bertz CT molecular complexity index is 743. The molecule has 1 aliphatic heterocycles. The van der Waals surface area contributed by atoms with E-state index in [0.717, 1.165) is 24.8 Å². The van der Waals surface area contributed by atoms with Crippen molar-refractivity contribution in [1.82, 2.24) is 5.32 Å². The molecule has 1 aromatic rings. The Morgan fingerprint density at radius 3 is 2.66 bits per heavy atom. The highest BCUT2D eigenvalue weighted by Gasteiger charge is 2.68. The van der Waals surface area contributed by atoms with E-state index in [-0.39, 0.29) is 23.6 Å². The highest BCUT2D eigenvalue weighted by molar-refractivity contribution is 6.47. The number of hydrogen-bond donors (Lipinski definition) is 2. The Morgan fingerprint density at radius 2 is 2.00 bits per heavy atom. The fourth-order valence-electron chi connectivity index (χ4n) is 5.91. The maximum atomic E-state index is 12.8. The third kappa shape index (κ3) is 3.64. The number of carbonyl (C=O) groups is 1. The first-order chi connectivity index (χ1) is 13.8. The van der Waals surface area contributed by atoms with Crippen LogP contribution in [0.25, 0.3) is 0 Å². The molecule has 0 aromatic heterocycles. The van der Waals surface area contributed by atoms with Gasteiger partial charge in [0.1, 0.15) is 0 Å². The summed E-state index contributed by atoms with van der Waals surface area (Å²) in [4.78, 5) is 12.8. The van der Waals surface area contributed by atoms with Crippen LogP contribution in [0.1, 0.15) is 58.9 Å². The zero-order valence-corrected chi connectivity index (χ0v) is 18.2. The second kappa shape index (κ2) is 7.71. The van der Waals surface area contributed by atoms with Crippen LogP contribution in [-0.4, -0.2) is 36.7 Å². The van der Waals surface area contributed by atoms with Crippen LogP contribution >= 0.6 is 0 Å². The molecular weight excluding hydrogens is 363 g/mol. The molecular formula is C23H35BN2O3. The molecule has 3 aliphatic carbocycles. The van der Waals surface area contributed by atoms with Crippen molar-refractivity contribution in [3.63, 3.8) is 0 Å². The van der Waals surface area contributed by atoms with Gasteiger partial charge in [-0.05, 0) is 55.4 Å². The molecule has 5 rings (SSSR count). The summed E-state index contributed by atoms with van der Waals surface area (Å²) in [7, 11) is -0.395. The molecule has 5 nitrogen and oxygen atoms in total. The summed E-state index contributed by atoms with van der Waals surface area (Å²) in [6, 6.07) is 9.32. The predicted octanol–water partition coefficient (Wildman–Crippen LogP) is 3.11. The van der Waals surface area contributed by atoms with Crippen LogP contribution in [0.15, 0.2) is 30.3 Å². The summed E-state index contributed by atoms with van der Waals surface area (Å²) in [5.41, 5.74) is 7.32. The van der Waals surface area contributed by atoms with Crippen LogP contribution < -0.4 is 11.1 Å². The molecule has 0 spiro atoms. The fourth-order valence-corrected chi connectivity index (χ4v) is 5.91. The normalized spacial score (nSPS) is 34.1. The molecule has 1 saturated heterocycles. The zero-order chi connectivity index (χ0) is 20.8. The Kier molecular flexibility index (Phi) is 5.56. The molecule has 2 bridgehead atoms. The highest BCUT2D eigenvalue weighted by atomic mass is 16.7. The van der Waals surface area contributed by atoms with Crippen LogP contribution in [-0.2, 0) is 20.5 Å². The second-order valence-electron chi connectivity index (χ2n) is 10.0. The first kappa shape index (κ1) is 20.9. The van der Waals surface area contributed by atoms with Gasteiger partial charge < -0.3 is 20.4 Å². The Balaban J connectivity index is 1.41. The minimum Gasteiger partial charge on any atom is -0.404 e. The molecule has 3 N–H and O–H groups in total. The van der Waals surface area contributed by atoms with Gasteiger partial charge in [0.05, 0.1) is 23.7 Å². The predicted molar refractivity (Wildman–Crippen MR) is 115 cm³/mol. The van der Waals surface area contributed by atoms with E-state index in [1.54, 1.807) is 0 Å². The molecule has 3 saturated carbocycles. The average Bonchev–Trinajstić information content (AvgIpc) is 3.05. The lowest BCUT2D eigenvalue weighted by Crippen LogP contribution is -2.65. The molecule has 1 aromatic carbocycles. The maximum Gasteiger partial charge on any atom is 0.481 e. The lowest BCUT2D eigenvalue weighted by atomic mass is 9.43. The van der Waals surface area contributed by atoms with E-state index in [9.17, 15) is 4.79 Å². The monoisotopic (exact) mass is 398 g/mol. The van der Waals surface area contributed by atoms with Crippen LogP contribution in [0.5, 0.6) is 0 Å². The Labute approximate surface area is 175 Å². The summed E-state index contributed by atoms with van der Waals surface area (Å²) in [5.74, 6) is 0.926. The summed E-state index contributed by atoms with van der Waals surface area (Å²) < 4.78 is 13.0. The van der Waals surface area contributed by atoms with Gasteiger partial charge in [0, 0.05) is 0 Å². The summed E-state index contributed by atoms with van der Waals surface area (Å²) in [5, 5.41) is 3.14. The molecule has 4 fully saturated rings. The Hall–Kier alpha value is -1.37. The van der Waals surface area contributed by atoms with Gasteiger partial charge in [0.25, 0.3) is 0 Å². The number of carbonyl (C=O) groups excluding carboxylic acids is 1. The zero-order valence-electron chi connectivity index (χ0n) is 18.2. The van der Waals surface area contributed by atoms with E-state index >= 15 is 0 Å². The first-order valence-electron chi connectivity index (χ1n) is 11.2. The summed E-state index contributed by atoms with van der Waals surface area (Å²) in [6.07, 6.45) is 4.68. The standard InChI is InChI=1S/C23H35BN2O3/c1-5-9-20(26-21(27)17(25)12-15-10-7-6-8-11-15)24-28-19-14-16-13-18(22(16,2)3)23(19,4)29-24/h6-8,10-11,16-20H,5,9,12-14,25H2,1-4H3,(H,26,27)/t16?,17-,18?,19?,20-,23-/m0/s1. The number of nitrogens with one attached hydrogen (secondary N) is 1. The molecule has 6 atom stereocenters. The van der Waals surface area contributed by atoms with Gasteiger partial charge in [-0.2, -0.15) is 0 Å². The van der Waals surface area contributed by atoms with Gasteiger partial charge in [-0.25, -0.2) is 0 Å². The van der Waals surface area contributed by atoms with Crippen molar-refractivity contribution in [2.75, 3.05) is 0 Å². The van der Waals surface area contributed by atoms with Crippen molar-refractivity contribution in [1.29, 1.82) is 0 Å². The highest BCUT2D eigenvalue weighted by Crippen LogP contribution is 2.65. The third-order valence-corrected chi connectivity index (χ3v) is 7.86. The quantitative estimate of drug-likeness (QED) is 0.693. The number of rotatable bonds is 7. The lowest BCUT2D eigenvalue weighted by molar-refractivity contribution is -0.199. The third-order valence-electron chi connectivity index (χ3n) is 7.86. The van der Waals surface area contributed by atoms with Crippen molar-refractivity contribution in [2.24, 2.45) is 23.0 Å². The van der Waals surface area contributed by atoms with E-state index in [4.69, 9.17) is 15.0 Å². The van der Waals surface area contributed by atoms with E-state index in [1.807, 2.05) is 30.3 Å². The molecule has 6 heteroatoms. The lowest BCUT2D eigenvalue weighted by Gasteiger charge is -2.64. The molecule has 158 valence electrons. The molecule has 0 radical (unpaired) electrons. The van der Waals surface area contributed by atoms with Gasteiger partial charge in [-0.15, -0.1) is 0 Å². The van der Waals surface area contributed by atoms with E-state index < -0.39 is 13.2 Å². The van der Waals surface area contributed by atoms with E-state index in [0.29, 0.717) is 23.7 Å². The minimum atomic E-state index is -0.581. The molecule has 1 amide bonds. The van der Waals surface area contributed by atoms with Crippen molar-refractivity contribution in [2.45, 2.75) is 83.5 Å². The molecule has 29 heavy (non-hydrogen) atoms. The summed E-state index contributed by atoms with van der Waals surface area (Å²) in [6.45, 7) is 9.05. The second-order valence-corrected chi connectivity index (χ2v) is 10.0. The van der Waals surface area contributed by atoms with Gasteiger partial charge in [-0.1, -0.05) is 57.5 Å². The van der Waals surface area contributed by atoms with Gasteiger partial charge in [-0.3, -0.25) is 4.79 Å². The first-order valence-corrected chi connectivity index (χ1v) is 11.2. The van der Waals surface area contributed by atoms with E-state index in [2.05, 4.69) is 33.0 Å². The van der Waals surface area contributed by atoms with Crippen molar-refractivity contribution in [3.05, 3.63) is 35.9 Å². The fraction of sp³-hybridized carbons (Fsp3) is 0.696. The van der Waals surface area contributed by atoms with E-state index in [1.165, 1.54) is 6.42 Å². The average molecular weight is 398 g/mol. The SMILES string of the molecule is CCC[C@H](NC(=O)[C@@H](N)Cc1ccccc1)B1OC2CC3CC(C3(C)C)[C@]2(C)O1. The van der Waals surface area contributed by atoms with Crippen molar-refractivity contribution in [3.8, 4) is 0 Å². The van der Waals surface area contributed by atoms with Crippen LogP contribution in [0, 0.1) is 17.3 Å². The number of nitrogens with two attached hydrogens (primary N) is 1. The molecule has 4 aliphatic rings. The van der Waals surface area contributed by atoms with Crippen molar-refractivity contribution < 1.29 is 14.1 Å². The number of amides is 1. The largest absolute Gasteiger partial charge is 0.481 e. The van der Waals surface area contributed by atoms with Crippen LogP contribution in [0.2, 0.25) is 0 Å². The number of benzene rings is 1. The molecule has 3 unspecified atom stereocenters. The summed E-state index contributed by atoms with van der Waals surface area (Å²) >= 11 is 0. The van der Waals surface area contributed by atoms with Crippen LogP contribution in [0.4, 0.5) is 0 Å².